The van der Waals surface area contributed by atoms with Crippen LogP contribution in [0.25, 0.3) is 6.08 Å². The zero-order valence-electron chi connectivity index (χ0n) is 10.9. The number of thioether (sulfide) groups is 1. The molecule has 2 heterocycles. The number of hydrogen-bond donors (Lipinski definition) is 1. The minimum Gasteiger partial charge on any atom is -0.346 e. The van der Waals surface area contributed by atoms with Crippen LogP contribution in [-0.2, 0) is 4.79 Å². The number of benzene rings is 1. The normalized spacial score (nSPS) is 17.9. The van der Waals surface area contributed by atoms with Crippen molar-refractivity contribution in [2.45, 2.75) is 17.4 Å². The summed E-state index contributed by atoms with van der Waals surface area (Å²) in [5.41, 5.74) is 1.24. The number of hydrogen-bond acceptors (Lipinski definition) is 3. The molecule has 0 fully saturated rings. The maximum Gasteiger partial charge on any atom is 0.244 e. The van der Waals surface area contributed by atoms with Crippen LogP contribution < -0.4 is 5.32 Å². The van der Waals surface area contributed by atoms with Gasteiger partial charge < -0.3 is 5.32 Å². The molecule has 2 aromatic rings. The van der Waals surface area contributed by atoms with Gasteiger partial charge in [0.1, 0.15) is 0 Å². The van der Waals surface area contributed by atoms with Crippen LogP contribution >= 0.6 is 23.1 Å². The maximum absolute atomic E-state index is 12.0. The van der Waals surface area contributed by atoms with Crippen molar-refractivity contribution in [1.82, 2.24) is 5.32 Å². The highest BCUT2D eigenvalue weighted by atomic mass is 32.2. The highest BCUT2D eigenvalue weighted by Gasteiger charge is 2.20. The molecule has 3 rings (SSSR count). The van der Waals surface area contributed by atoms with Crippen LogP contribution in [0.15, 0.2) is 52.7 Å². The van der Waals surface area contributed by atoms with Crippen molar-refractivity contribution >= 4 is 35.1 Å². The van der Waals surface area contributed by atoms with Gasteiger partial charge in [-0.05, 0) is 35.6 Å². The summed E-state index contributed by atoms with van der Waals surface area (Å²) in [5, 5.41) is 5.11. The molecule has 4 heteroatoms. The largest absolute Gasteiger partial charge is 0.346 e. The van der Waals surface area contributed by atoms with Crippen LogP contribution in [0.1, 0.15) is 22.9 Å². The standard InChI is InChI=1S/C16H15NOS2/c18-16(8-7-12-4-3-10-19-12)17-14-9-11-20-15-6-2-1-5-13(14)15/h1-8,10,14H,9,11H2,(H,17,18)/b8-7+. The van der Waals surface area contributed by atoms with E-state index in [4.69, 9.17) is 0 Å². The van der Waals surface area contributed by atoms with E-state index in [0.717, 1.165) is 17.1 Å². The average molecular weight is 301 g/mol. The molecule has 1 amide bonds. The topological polar surface area (TPSA) is 29.1 Å². The first-order valence-electron chi connectivity index (χ1n) is 6.57. The van der Waals surface area contributed by atoms with Gasteiger partial charge in [0, 0.05) is 21.6 Å². The van der Waals surface area contributed by atoms with E-state index in [1.165, 1.54) is 10.5 Å². The fourth-order valence-electron chi connectivity index (χ4n) is 2.26. The molecule has 2 nitrogen and oxygen atoms in total. The van der Waals surface area contributed by atoms with Crippen LogP contribution in [0.4, 0.5) is 0 Å². The van der Waals surface area contributed by atoms with Gasteiger partial charge >= 0.3 is 0 Å². The number of rotatable bonds is 3. The van der Waals surface area contributed by atoms with Crippen LogP contribution in [0.3, 0.4) is 0 Å². The molecule has 0 spiro atoms. The first-order chi connectivity index (χ1) is 9.83. The highest BCUT2D eigenvalue weighted by molar-refractivity contribution is 7.99. The zero-order chi connectivity index (χ0) is 13.8. The van der Waals surface area contributed by atoms with Gasteiger partial charge in [-0.3, -0.25) is 4.79 Å². The van der Waals surface area contributed by atoms with Gasteiger partial charge in [-0.15, -0.1) is 23.1 Å². The molecular weight excluding hydrogens is 286 g/mol. The SMILES string of the molecule is O=C(/C=C/c1cccs1)NC1CCSc2ccccc21. The summed E-state index contributed by atoms with van der Waals surface area (Å²) < 4.78 is 0. The van der Waals surface area contributed by atoms with E-state index in [1.807, 2.05) is 47.5 Å². The summed E-state index contributed by atoms with van der Waals surface area (Å²) in [6, 6.07) is 12.4. The van der Waals surface area contributed by atoms with E-state index in [9.17, 15) is 4.79 Å². The van der Waals surface area contributed by atoms with Crippen LogP contribution in [-0.4, -0.2) is 11.7 Å². The third kappa shape index (κ3) is 3.14. The third-order valence-electron chi connectivity index (χ3n) is 3.22. The predicted molar refractivity (Wildman–Crippen MR) is 86.0 cm³/mol. The minimum absolute atomic E-state index is 0.0231. The van der Waals surface area contributed by atoms with Crippen molar-refractivity contribution in [2.24, 2.45) is 0 Å². The Morgan fingerprint density at radius 1 is 1.25 bits per heavy atom. The molecule has 1 aliphatic heterocycles. The first-order valence-corrected chi connectivity index (χ1v) is 8.43. The Morgan fingerprint density at radius 3 is 3.00 bits per heavy atom. The Balaban J connectivity index is 1.68. The first kappa shape index (κ1) is 13.5. The van der Waals surface area contributed by atoms with E-state index < -0.39 is 0 Å². The van der Waals surface area contributed by atoms with Crippen LogP contribution in [0.5, 0.6) is 0 Å². The fourth-order valence-corrected chi connectivity index (χ4v) is 4.00. The second kappa shape index (κ2) is 6.29. The highest BCUT2D eigenvalue weighted by Crippen LogP contribution is 2.35. The van der Waals surface area contributed by atoms with Crippen LogP contribution in [0, 0.1) is 0 Å². The smallest absolute Gasteiger partial charge is 0.244 e. The number of nitrogens with one attached hydrogen (secondary N) is 1. The Morgan fingerprint density at radius 2 is 2.15 bits per heavy atom. The van der Waals surface area contributed by atoms with Gasteiger partial charge in [-0.1, -0.05) is 24.3 Å². The second-order valence-electron chi connectivity index (χ2n) is 4.58. The second-order valence-corrected chi connectivity index (χ2v) is 6.70. The van der Waals surface area contributed by atoms with E-state index in [-0.39, 0.29) is 11.9 Å². The summed E-state index contributed by atoms with van der Waals surface area (Å²) in [5.74, 6) is 1.03. The van der Waals surface area contributed by atoms with Crippen molar-refractivity contribution < 1.29 is 4.79 Å². The molecule has 0 saturated heterocycles. The van der Waals surface area contributed by atoms with E-state index in [0.29, 0.717) is 0 Å². The summed E-state index contributed by atoms with van der Waals surface area (Å²) in [6.07, 6.45) is 4.47. The van der Waals surface area contributed by atoms with Gasteiger partial charge in [0.05, 0.1) is 6.04 Å². The molecule has 1 aliphatic rings. The Labute approximate surface area is 126 Å². The lowest BCUT2D eigenvalue weighted by molar-refractivity contribution is -0.117. The summed E-state index contributed by atoms with van der Waals surface area (Å²) in [4.78, 5) is 14.4. The van der Waals surface area contributed by atoms with Crippen molar-refractivity contribution in [1.29, 1.82) is 0 Å². The molecule has 0 radical (unpaired) electrons. The van der Waals surface area contributed by atoms with Gasteiger partial charge in [0.15, 0.2) is 0 Å². The Bertz CT molecular complexity index is 619. The predicted octanol–water partition coefficient (Wildman–Crippen LogP) is 4.11. The van der Waals surface area contributed by atoms with Crippen molar-refractivity contribution in [3.05, 3.63) is 58.3 Å². The summed E-state index contributed by atoms with van der Waals surface area (Å²) >= 11 is 3.49. The molecule has 0 aliphatic carbocycles. The van der Waals surface area contributed by atoms with Gasteiger partial charge in [0.25, 0.3) is 0 Å². The number of carbonyl (C=O) groups is 1. The maximum atomic E-state index is 12.0. The lowest BCUT2D eigenvalue weighted by Crippen LogP contribution is -2.29. The molecule has 20 heavy (non-hydrogen) atoms. The average Bonchev–Trinajstić information content (AvgIpc) is 2.99. The molecule has 1 aromatic carbocycles. The minimum atomic E-state index is -0.0231. The number of thiophene rings is 1. The van der Waals surface area contributed by atoms with E-state index in [2.05, 4.69) is 17.4 Å². The number of fused-ring (bicyclic) bond motifs is 1. The molecule has 1 aromatic heterocycles. The Kier molecular flexibility index (Phi) is 4.23. The van der Waals surface area contributed by atoms with Gasteiger partial charge in [-0.2, -0.15) is 0 Å². The lowest BCUT2D eigenvalue weighted by Gasteiger charge is -2.25. The van der Waals surface area contributed by atoms with Crippen molar-refractivity contribution in [3.63, 3.8) is 0 Å². The zero-order valence-corrected chi connectivity index (χ0v) is 12.5. The van der Waals surface area contributed by atoms with Crippen molar-refractivity contribution in [2.75, 3.05) is 5.75 Å². The number of amides is 1. The fraction of sp³-hybridized carbons (Fsp3) is 0.188. The summed E-state index contributed by atoms with van der Waals surface area (Å²) in [7, 11) is 0. The molecular formula is C16H15NOS2. The summed E-state index contributed by atoms with van der Waals surface area (Å²) in [6.45, 7) is 0. The lowest BCUT2D eigenvalue weighted by atomic mass is 10.0. The van der Waals surface area contributed by atoms with Gasteiger partial charge in [0.2, 0.25) is 5.91 Å². The molecule has 1 unspecified atom stereocenters. The monoisotopic (exact) mass is 301 g/mol. The third-order valence-corrected chi connectivity index (χ3v) is 5.18. The molecule has 1 atom stereocenters. The molecule has 102 valence electrons. The molecule has 0 saturated carbocycles. The molecule has 1 N–H and O–H groups in total. The molecule has 0 bridgehead atoms. The van der Waals surface area contributed by atoms with E-state index >= 15 is 0 Å². The number of carbonyl (C=O) groups excluding carboxylic acids is 1. The Hall–Kier alpha value is -1.52. The van der Waals surface area contributed by atoms with E-state index in [1.54, 1.807) is 17.4 Å². The van der Waals surface area contributed by atoms with Gasteiger partial charge in [-0.25, -0.2) is 0 Å². The van der Waals surface area contributed by atoms with Crippen LogP contribution in [0.2, 0.25) is 0 Å². The quantitative estimate of drug-likeness (QED) is 0.864. The van der Waals surface area contributed by atoms with Crippen molar-refractivity contribution in [3.8, 4) is 0 Å².